The number of amides is 1. The molecule has 0 atom stereocenters. The Labute approximate surface area is 153 Å². The first kappa shape index (κ1) is 18.6. The van der Waals surface area contributed by atoms with Crippen molar-refractivity contribution in [2.45, 2.75) is 23.8 Å². The normalized spacial score (nSPS) is 16.5. The average Bonchev–Trinajstić information content (AvgIpc) is 3.15. The number of hydrogen-bond donors (Lipinski definition) is 2. The fourth-order valence-corrected chi connectivity index (χ4v) is 4.18. The van der Waals surface area contributed by atoms with E-state index in [-0.39, 0.29) is 16.8 Å². The third-order valence-electron chi connectivity index (χ3n) is 4.45. The van der Waals surface area contributed by atoms with Crippen molar-refractivity contribution in [3.63, 3.8) is 0 Å². The molecule has 1 amide bonds. The molecule has 0 aliphatic carbocycles. The van der Waals surface area contributed by atoms with Gasteiger partial charge in [0.25, 0.3) is 0 Å². The lowest BCUT2D eigenvalue weighted by Gasteiger charge is -2.31. The summed E-state index contributed by atoms with van der Waals surface area (Å²) in [5.41, 5.74) is 0.802. The topological polar surface area (TPSA) is 96.3 Å². The molecule has 2 heterocycles. The summed E-state index contributed by atoms with van der Waals surface area (Å²) in [5.74, 6) is -0.0302. The average molecular weight is 377 g/mol. The van der Waals surface area contributed by atoms with E-state index >= 15 is 0 Å². The Morgan fingerprint density at radius 1 is 1.23 bits per heavy atom. The molecular weight excluding hydrogens is 354 g/mol. The molecular formula is C17H23N5O3S. The minimum Gasteiger partial charge on any atom is -0.358 e. The maximum absolute atomic E-state index is 12.6. The van der Waals surface area contributed by atoms with Crippen LogP contribution >= 0.6 is 0 Å². The number of carbonyl (C=O) groups is 1. The summed E-state index contributed by atoms with van der Waals surface area (Å²) in [7, 11) is -2.01. The number of likely N-dealkylation sites (tertiary alicyclic amines) is 1. The number of aromatic nitrogens is 2. The Morgan fingerprint density at radius 2 is 1.92 bits per heavy atom. The fraction of sp³-hybridized carbons (Fsp3) is 0.412. The molecule has 1 fully saturated rings. The van der Waals surface area contributed by atoms with Crippen LogP contribution in [-0.2, 0) is 14.8 Å². The van der Waals surface area contributed by atoms with Crippen molar-refractivity contribution in [1.82, 2.24) is 24.7 Å². The van der Waals surface area contributed by atoms with Crippen LogP contribution in [0.5, 0.6) is 0 Å². The number of carbonyl (C=O) groups excluding carboxylic acids is 1. The van der Waals surface area contributed by atoms with Crippen molar-refractivity contribution in [2.24, 2.45) is 0 Å². The zero-order chi connectivity index (χ0) is 18.6. The van der Waals surface area contributed by atoms with Crippen LogP contribution in [-0.4, -0.2) is 61.7 Å². The van der Waals surface area contributed by atoms with Gasteiger partial charge in [-0.1, -0.05) is 18.2 Å². The summed E-state index contributed by atoms with van der Waals surface area (Å²) < 4.78 is 29.5. The molecule has 3 rings (SSSR count). The van der Waals surface area contributed by atoms with Gasteiger partial charge < -0.3 is 5.32 Å². The molecule has 0 bridgehead atoms. The second-order valence-corrected chi connectivity index (χ2v) is 8.02. The molecule has 1 aromatic carbocycles. The van der Waals surface area contributed by atoms with Crippen molar-refractivity contribution in [2.75, 3.05) is 26.7 Å². The Hall–Kier alpha value is -2.23. The van der Waals surface area contributed by atoms with Crippen LogP contribution in [0.4, 0.5) is 0 Å². The number of sulfonamides is 1. The van der Waals surface area contributed by atoms with Crippen LogP contribution in [0, 0.1) is 0 Å². The van der Waals surface area contributed by atoms with Gasteiger partial charge in [0.1, 0.15) is 4.90 Å². The van der Waals surface area contributed by atoms with E-state index in [4.69, 9.17) is 0 Å². The van der Waals surface area contributed by atoms with Crippen molar-refractivity contribution >= 4 is 15.9 Å². The standard InChI is InChI=1S/C17H23N5O3S/c1-18-17(23)13-21-9-7-14(8-10-21)20-26(24,25)16-11-19-22(12-16)15-5-3-2-4-6-15/h2-6,11-12,14,20H,7-10,13H2,1H3,(H,18,23). The summed E-state index contributed by atoms with van der Waals surface area (Å²) in [4.78, 5) is 13.6. The summed E-state index contributed by atoms with van der Waals surface area (Å²) in [6, 6.07) is 9.22. The molecule has 1 aromatic heterocycles. The Morgan fingerprint density at radius 3 is 2.58 bits per heavy atom. The molecule has 1 aliphatic rings. The van der Waals surface area contributed by atoms with Gasteiger partial charge in [-0.25, -0.2) is 17.8 Å². The minimum absolute atomic E-state index is 0.0302. The summed E-state index contributed by atoms with van der Waals surface area (Å²) in [6.45, 7) is 1.72. The lowest BCUT2D eigenvalue weighted by molar-refractivity contribution is -0.122. The van der Waals surface area contributed by atoms with Crippen molar-refractivity contribution < 1.29 is 13.2 Å². The summed E-state index contributed by atoms with van der Waals surface area (Å²) in [5, 5.41) is 6.74. The molecule has 0 radical (unpaired) electrons. The molecule has 26 heavy (non-hydrogen) atoms. The highest BCUT2D eigenvalue weighted by Crippen LogP contribution is 2.16. The molecule has 140 valence electrons. The monoisotopic (exact) mass is 377 g/mol. The van der Waals surface area contributed by atoms with E-state index in [0.29, 0.717) is 32.5 Å². The smallest absolute Gasteiger partial charge is 0.243 e. The number of benzene rings is 1. The van der Waals surface area contributed by atoms with Gasteiger partial charge in [-0.05, 0) is 25.0 Å². The fourth-order valence-electron chi connectivity index (χ4n) is 2.95. The van der Waals surface area contributed by atoms with Crippen molar-refractivity contribution in [1.29, 1.82) is 0 Å². The van der Waals surface area contributed by atoms with Gasteiger partial charge in [-0.2, -0.15) is 5.10 Å². The van der Waals surface area contributed by atoms with Gasteiger partial charge in [0.2, 0.25) is 15.9 Å². The van der Waals surface area contributed by atoms with E-state index in [1.807, 2.05) is 35.2 Å². The number of nitrogens with zero attached hydrogens (tertiary/aromatic N) is 3. The van der Waals surface area contributed by atoms with Crippen molar-refractivity contribution in [3.8, 4) is 5.69 Å². The zero-order valence-corrected chi connectivity index (χ0v) is 15.4. The predicted molar refractivity (Wildman–Crippen MR) is 97.4 cm³/mol. The van der Waals surface area contributed by atoms with E-state index in [9.17, 15) is 13.2 Å². The third kappa shape index (κ3) is 4.48. The lowest BCUT2D eigenvalue weighted by Crippen LogP contribution is -2.47. The van der Waals surface area contributed by atoms with Crippen LogP contribution in [0.2, 0.25) is 0 Å². The molecule has 0 spiro atoms. The number of piperidine rings is 1. The van der Waals surface area contributed by atoms with Crippen LogP contribution in [0.1, 0.15) is 12.8 Å². The highest BCUT2D eigenvalue weighted by Gasteiger charge is 2.26. The summed E-state index contributed by atoms with van der Waals surface area (Å²) in [6.07, 6.45) is 4.21. The quantitative estimate of drug-likeness (QED) is 0.758. The van der Waals surface area contributed by atoms with Gasteiger partial charge in [0.05, 0.1) is 24.6 Å². The summed E-state index contributed by atoms with van der Waals surface area (Å²) >= 11 is 0. The van der Waals surface area contributed by atoms with Crippen LogP contribution in [0.3, 0.4) is 0 Å². The van der Waals surface area contributed by atoms with E-state index < -0.39 is 10.0 Å². The molecule has 8 nitrogen and oxygen atoms in total. The Kier molecular flexibility index (Phi) is 5.70. The number of para-hydroxylation sites is 1. The van der Waals surface area contributed by atoms with Gasteiger partial charge in [0.15, 0.2) is 0 Å². The van der Waals surface area contributed by atoms with Crippen LogP contribution in [0.15, 0.2) is 47.6 Å². The number of hydrogen-bond acceptors (Lipinski definition) is 5. The largest absolute Gasteiger partial charge is 0.358 e. The van der Waals surface area contributed by atoms with Gasteiger partial charge in [0, 0.05) is 26.2 Å². The third-order valence-corrected chi connectivity index (χ3v) is 5.92. The SMILES string of the molecule is CNC(=O)CN1CCC(NS(=O)(=O)c2cnn(-c3ccccc3)c2)CC1. The number of rotatable bonds is 6. The Balaban J connectivity index is 1.60. The minimum atomic E-state index is -3.62. The van der Waals surface area contributed by atoms with E-state index in [1.54, 1.807) is 11.7 Å². The molecule has 0 saturated carbocycles. The molecule has 2 N–H and O–H groups in total. The first-order valence-corrected chi connectivity index (χ1v) is 10.0. The first-order valence-electron chi connectivity index (χ1n) is 8.53. The molecule has 9 heteroatoms. The van der Waals surface area contributed by atoms with Crippen LogP contribution < -0.4 is 10.0 Å². The van der Waals surface area contributed by atoms with Gasteiger partial charge in [-0.15, -0.1) is 0 Å². The molecule has 2 aromatic rings. The van der Waals surface area contributed by atoms with E-state index in [0.717, 1.165) is 5.69 Å². The Bertz CT molecular complexity index is 842. The first-order chi connectivity index (χ1) is 12.5. The predicted octanol–water partition coefficient (Wildman–Crippen LogP) is 0.361. The number of likely N-dealkylation sites (N-methyl/N-ethyl adjacent to an activating group) is 1. The van der Waals surface area contributed by atoms with Gasteiger partial charge >= 0.3 is 0 Å². The maximum atomic E-state index is 12.6. The van der Waals surface area contributed by atoms with Gasteiger partial charge in [-0.3, -0.25) is 9.69 Å². The maximum Gasteiger partial charge on any atom is 0.243 e. The second kappa shape index (κ2) is 7.98. The molecule has 1 aliphatic heterocycles. The van der Waals surface area contributed by atoms with Crippen molar-refractivity contribution in [3.05, 3.63) is 42.7 Å². The zero-order valence-electron chi connectivity index (χ0n) is 14.6. The van der Waals surface area contributed by atoms with E-state index in [1.165, 1.54) is 12.4 Å². The van der Waals surface area contributed by atoms with E-state index in [2.05, 4.69) is 15.1 Å². The molecule has 0 unspecified atom stereocenters. The van der Waals surface area contributed by atoms with Crippen LogP contribution in [0.25, 0.3) is 5.69 Å². The lowest BCUT2D eigenvalue weighted by atomic mass is 10.1. The highest BCUT2D eigenvalue weighted by molar-refractivity contribution is 7.89. The second-order valence-electron chi connectivity index (χ2n) is 6.30. The highest BCUT2D eigenvalue weighted by atomic mass is 32.2. The number of nitrogens with one attached hydrogen (secondary N) is 2. The molecule has 1 saturated heterocycles.